The number of hydrogen-bond acceptors (Lipinski definition) is 6. The summed E-state index contributed by atoms with van der Waals surface area (Å²) in [6.45, 7) is 1.99. The smallest absolute Gasteiger partial charge is 0.256 e. The van der Waals surface area contributed by atoms with Gasteiger partial charge in [-0.2, -0.15) is 0 Å². The molecule has 4 rings (SSSR count). The largest absolute Gasteiger partial charge is 0.491 e. The molecule has 1 N–H and O–H groups in total. The summed E-state index contributed by atoms with van der Waals surface area (Å²) in [5.74, 6) is 1.05. The summed E-state index contributed by atoms with van der Waals surface area (Å²) in [6, 6.07) is 14.5. The van der Waals surface area contributed by atoms with E-state index in [2.05, 4.69) is 56.7 Å². The van der Waals surface area contributed by atoms with E-state index in [1.165, 1.54) is 0 Å². The maximum atomic E-state index is 5.43. The molecule has 0 unspecified atom stereocenters. The SMILES string of the molecule is CNc1ccc(-c2cc(-c3cnc(OC)c(OC)c3)cc3c(C)ncnc23)cc1. The maximum absolute atomic E-state index is 5.43. The van der Waals surface area contributed by atoms with Crippen molar-refractivity contribution in [2.45, 2.75) is 6.92 Å². The van der Waals surface area contributed by atoms with Crippen LogP contribution < -0.4 is 14.8 Å². The minimum Gasteiger partial charge on any atom is -0.491 e. The number of rotatable bonds is 5. The number of aromatic nitrogens is 3. The van der Waals surface area contributed by atoms with E-state index in [4.69, 9.17) is 9.47 Å². The molecule has 4 aromatic rings. The van der Waals surface area contributed by atoms with Crippen molar-refractivity contribution in [3.05, 3.63) is 60.7 Å². The predicted octanol–water partition coefficient (Wildman–Crippen LogP) is 4.73. The molecule has 0 saturated carbocycles. The summed E-state index contributed by atoms with van der Waals surface area (Å²) in [7, 11) is 5.09. The van der Waals surface area contributed by atoms with Crippen LogP contribution in [0.3, 0.4) is 0 Å². The van der Waals surface area contributed by atoms with Crippen molar-refractivity contribution in [2.24, 2.45) is 0 Å². The number of anilines is 1. The lowest BCUT2D eigenvalue weighted by Crippen LogP contribution is -1.95. The van der Waals surface area contributed by atoms with Gasteiger partial charge in [0.15, 0.2) is 5.75 Å². The molecule has 0 radical (unpaired) electrons. The quantitative estimate of drug-likeness (QED) is 0.535. The average Bonchev–Trinajstić information content (AvgIpc) is 2.78. The fourth-order valence-corrected chi connectivity index (χ4v) is 3.38. The molecule has 0 saturated heterocycles. The number of fused-ring (bicyclic) bond motifs is 1. The third-order valence-electron chi connectivity index (χ3n) is 4.99. The fraction of sp³-hybridized carbons (Fsp3) is 0.174. The molecule has 0 aliphatic rings. The highest BCUT2D eigenvalue weighted by Crippen LogP contribution is 2.36. The lowest BCUT2D eigenvalue weighted by Gasteiger charge is -2.13. The first-order valence-electron chi connectivity index (χ1n) is 9.26. The summed E-state index contributed by atoms with van der Waals surface area (Å²) in [5.41, 5.74) is 6.98. The zero-order chi connectivity index (χ0) is 20.4. The topological polar surface area (TPSA) is 69.2 Å². The second kappa shape index (κ2) is 7.75. The lowest BCUT2D eigenvalue weighted by molar-refractivity contribution is 0.343. The van der Waals surface area contributed by atoms with E-state index >= 15 is 0 Å². The Morgan fingerprint density at radius 3 is 2.31 bits per heavy atom. The van der Waals surface area contributed by atoms with Crippen LogP contribution in [-0.4, -0.2) is 36.2 Å². The number of aryl methyl sites for hydroxylation is 1. The van der Waals surface area contributed by atoms with E-state index in [0.29, 0.717) is 11.6 Å². The highest BCUT2D eigenvalue weighted by atomic mass is 16.5. The van der Waals surface area contributed by atoms with Crippen LogP contribution in [-0.2, 0) is 0 Å². The van der Waals surface area contributed by atoms with Gasteiger partial charge < -0.3 is 14.8 Å². The molecule has 0 spiro atoms. The Bertz CT molecular complexity index is 1170. The van der Waals surface area contributed by atoms with E-state index in [1.54, 1.807) is 26.7 Å². The van der Waals surface area contributed by atoms with E-state index in [0.717, 1.165) is 44.5 Å². The second-order valence-electron chi connectivity index (χ2n) is 6.64. The van der Waals surface area contributed by atoms with E-state index in [1.807, 2.05) is 20.0 Å². The van der Waals surface area contributed by atoms with Crippen LogP contribution in [0.5, 0.6) is 11.6 Å². The minimum atomic E-state index is 0.458. The molecule has 146 valence electrons. The Kier molecular flexibility index (Phi) is 4.99. The van der Waals surface area contributed by atoms with Crippen molar-refractivity contribution in [1.29, 1.82) is 0 Å². The van der Waals surface area contributed by atoms with Crippen LogP contribution in [0.2, 0.25) is 0 Å². The Balaban J connectivity index is 1.95. The van der Waals surface area contributed by atoms with Gasteiger partial charge in [-0.15, -0.1) is 0 Å². The number of pyridine rings is 1. The lowest BCUT2D eigenvalue weighted by atomic mass is 9.95. The first-order chi connectivity index (χ1) is 14.1. The van der Waals surface area contributed by atoms with Crippen molar-refractivity contribution in [3.63, 3.8) is 0 Å². The van der Waals surface area contributed by atoms with Gasteiger partial charge >= 0.3 is 0 Å². The summed E-state index contributed by atoms with van der Waals surface area (Å²) in [5, 5.41) is 4.16. The van der Waals surface area contributed by atoms with E-state index < -0.39 is 0 Å². The summed E-state index contributed by atoms with van der Waals surface area (Å²) in [6.07, 6.45) is 3.40. The molecular weight excluding hydrogens is 364 g/mol. The maximum Gasteiger partial charge on any atom is 0.256 e. The van der Waals surface area contributed by atoms with Gasteiger partial charge in [0, 0.05) is 41.1 Å². The van der Waals surface area contributed by atoms with Crippen LogP contribution in [0.15, 0.2) is 55.0 Å². The van der Waals surface area contributed by atoms with Crippen molar-refractivity contribution in [2.75, 3.05) is 26.6 Å². The Morgan fingerprint density at radius 1 is 0.828 bits per heavy atom. The molecule has 0 aliphatic carbocycles. The van der Waals surface area contributed by atoms with Crippen LogP contribution in [0.25, 0.3) is 33.2 Å². The van der Waals surface area contributed by atoms with Crippen LogP contribution in [0.1, 0.15) is 5.69 Å². The first-order valence-corrected chi connectivity index (χ1v) is 9.26. The van der Waals surface area contributed by atoms with Crippen molar-refractivity contribution < 1.29 is 9.47 Å². The standard InChI is InChI=1S/C23H22N4O2/c1-14-19-9-16(17-11-21(28-3)23(29-4)25-12-17)10-20(22(19)27-13-26-14)15-5-7-18(24-2)8-6-15/h5-13,24H,1-4H3. The predicted molar refractivity (Wildman–Crippen MR) is 116 cm³/mol. The first kappa shape index (κ1) is 18.7. The van der Waals surface area contributed by atoms with Gasteiger partial charge in [0.2, 0.25) is 0 Å². The fourth-order valence-electron chi connectivity index (χ4n) is 3.38. The highest BCUT2D eigenvalue weighted by Gasteiger charge is 2.14. The van der Waals surface area contributed by atoms with Gasteiger partial charge in [0.05, 0.1) is 19.7 Å². The number of ether oxygens (including phenoxy) is 2. The third kappa shape index (κ3) is 3.45. The van der Waals surface area contributed by atoms with Crippen molar-refractivity contribution in [1.82, 2.24) is 15.0 Å². The van der Waals surface area contributed by atoms with E-state index in [-0.39, 0.29) is 0 Å². The highest BCUT2D eigenvalue weighted by molar-refractivity contribution is 5.98. The van der Waals surface area contributed by atoms with E-state index in [9.17, 15) is 0 Å². The molecule has 0 amide bonds. The zero-order valence-corrected chi connectivity index (χ0v) is 16.9. The monoisotopic (exact) mass is 386 g/mol. The Labute approximate surface area is 169 Å². The molecular formula is C23H22N4O2. The number of hydrogen-bond donors (Lipinski definition) is 1. The third-order valence-corrected chi connectivity index (χ3v) is 4.99. The Morgan fingerprint density at radius 2 is 1.62 bits per heavy atom. The molecule has 0 bridgehead atoms. The molecule has 6 heteroatoms. The summed E-state index contributed by atoms with van der Waals surface area (Å²) in [4.78, 5) is 13.3. The van der Waals surface area contributed by atoms with Crippen LogP contribution in [0, 0.1) is 6.92 Å². The Hall–Kier alpha value is -3.67. The molecule has 0 fully saturated rings. The second-order valence-corrected chi connectivity index (χ2v) is 6.64. The molecule has 6 nitrogen and oxygen atoms in total. The van der Waals surface area contributed by atoms with Gasteiger partial charge in [-0.05, 0) is 48.4 Å². The van der Waals surface area contributed by atoms with Crippen LogP contribution >= 0.6 is 0 Å². The molecule has 2 heterocycles. The van der Waals surface area contributed by atoms with Crippen molar-refractivity contribution >= 4 is 16.6 Å². The molecule has 2 aromatic carbocycles. The summed E-state index contributed by atoms with van der Waals surface area (Å²) >= 11 is 0. The normalized spacial score (nSPS) is 10.8. The number of benzene rings is 2. The number of methoxy groups -OCH3 is 2. The molecule has 0 aliphatic heterocycles. The van der Waals surface area contributed by atoms with Gasteiger partial charge in [-0.1, -0.05) is 12.1 Å². The van der Waals surface area contributed by atoms with Crippen LogP contribution in [0.4, 0.5) is 5.69 Å². The number of nitrogens with zero attached hydrogens (tertiary/aromatic N) is 3. The average molecular weight is 386 g/mol. The van der Waals surface area contributed by atoms with Crippen molar-refractivity contribution in [3.8, 4) is 33.9 Å². The zero-order valence-electron chi connectivity index (χ0n) is 16.9. The molecule has 2 aromatic heterocycles. The van der Waals surface area contributed by atoms with Gasteiger partial charge in [-0.3, -0.25) is 0 Å². The summed E-state index contributed by atoms with van der Waals surface area (Å²) < 4.78 is 10.7. The molecule has 0 atom stereocenters. The molecule has 29 heavy (non-hydrogen) atoms. The van der Waals surface area contributed by atoms with Gasteiger partial charge in [-0.25, -0.2) is 15.0 Å². The number of nitrogens with one attached hydrogen (secondary N) is 1. The minimum absolute atomic E-state index is 0.458. The van der Waals surface area contributed by atoms with Gasteiger partial charge in [0.1, 0.15) is 6.33 Å². The van der Waals surface area contributed by atoms with Gasteiger partial charge in [0.25, 0.3) is 5.88 Å².